The predicted molar refractivity (Wildman–Crippen MR) is 78.3 cm³/mol. The van der Waals surface area contributed by atoms with Gasteiger partial charge in [-0.2, -0.15) is 0 Å². The van der Waals surface area contributed by atoms with E-state index in [2.05, 4.69) is 37.2 Å². The Morgan fingerprint density at radius 1 is 1.22 bits per heavy atom. The fourth-order valence-electron chi connectivity index (χ4n) is 1.52. The van der Waals surface area contributed by atoms with Crippen LogP contribution >= 0.6 is 31.9 Å². The lowest BCUT2D eigenvalue weighted by Crippen LogP contribution is -2.11. The third-order valence-electron chi connectivity index (χ3n) is 2.46. The maximum atomic E-state index is 11.9. The zero-order valence-corrected chi connectivity index (χ0v) is 12.6. The number of hydrogen-bond acceptors (Lipinski definition) is 2. The summed E-state index contributed by atoms with van der Waals surface area (Å²) < 4.78 is 5.47. The molecule has 5 heteroatoms. The molecule has 2 aromatic rings. The van der Waals surface area contributed by atoms with Gasteiger partial charge in [-0.1, -0.05) is 28.1 Å². The van der Waals surface area contributed by atoms with Crippen LogP contribution < -0.4 is 5.32 Å². The zero-order chi connectivity index (χ0) is 13.0. The number of amides is 1. The summed E-state index contributed by atoms with van der Waals surface area (Å²) in [5, 5.41) is 3.75. The Balaban J connectivity index is 2.05. The van der Waals surface area contributed by atoms with Crippen LogP contribution in [0.25, 0.3) is 0 Å². The summed E-state index contributed by atoms with van der Waals surface area (Å²) in [4.78, 5) is 11.9. The summed E-state index contributed by atoms with van der Waals surface area (Å²) in [6.45, 7) is 0. The molecule has 1 aromatic heterocycles. The second kappa shape index (κ2) is 6.20. The van der Waals surface area contributed by atoms with Crippen molar-refractivity contribution in [1.29, 1.82) is 0 Å². The van der Waals surface area contributed by atoms with Crippen LogP contribution in [0.15, 0.2) is 45.7 Å². The molecule has 2 rings (SSSR count). The van der Waals surface area contributed by atoms with Gasteiger partial charge in [0.05, 0.1) is 11.8 Å². The smallest absolute Gasteiger partial charge is 0.260 e. The van der Waals surface area contributed by atoms with Gasteiger partial charge in [-0.15, -0.1) is 0 Å². The minimum Gasteiger partial charge on any atom is -0.457 e. The Morgan fingerprint density at radius 2 is 1.94 bits per heavy atom. The van der Waals surface area contributed by atoms with E-state index in [1.165, 1.54) is 11.8 Å². The van der Waals surface area contributed by atoms with E-state index in [1.807, 2.05) is 24.3 Å². The van der Waals surface area contributed by atoms with Gasteiger partial charge in [-0.3, -0.25) is 4.79 Å². The number of hydrogen-bond donors (Lipinski definition) is 1. The topological polar surface area (TPSA) is 42.2 Å². The first-order valence-corrected chi connectivity index (χ1v) is 7.31. The first kappa shape index (κ1) is 13.4. The highest BCUT2D eigenvalue weighted by molar-refractivity contribution is 9.10. The number of aryl methyl sites for hydroxylation is 1. The number of carbonyl (C=O) groups is 1. The number of benzene rings is 1. The van der Waals surface area contributed by atoms with E-state index in [9.17, 15) is 4.79 Å². The molecule has 0 fully saturated rings. The Hall–Kier alpha value is -1.07. The number of nitrogens with one attached hydrogen (secondary N) is 1. The monoisotopic (exact) mass is 371 g/mol. The SMILES string of the molecule is O=C(Nc1ccc(CCBr)cc1)c1ccoc1Br. The van der Waals surface area contributed by atoms with Gasteiger partial charge in [-0.25, -0.2) is 0 Å². The third-order valence-corrected chi connectivity index (χ3v) is 3.47. The number of halogens is 2. The van der Waals surface area contributed by atoms with Gasteiger partial charge in [-0.05, 0) is 46.1 Å². The van der Waals surface area contributed by atoms with Gasteiger partial charge in [0.1, 0.15) is 0 Å². The summed E-state index contributed by atoms with van der Waals surface area (Å²) >= 11 is 6.57. The molecule has 0 saturated carbocycles. The minimum absolute atomic E-state index is 0.191. The average molecular weight is 373 g/mol. The van der Waals surface area contributed by atoms with E-state index in [0.717, 1.165) is 17.4 Å². The molecule has 0 saturated heterocycles. The molecule has 0 unspecified atom stereocenters. The molecule has 0 radical (unpaired) electrons. The van der Waals surface area contributed by atoms with Gasteiger partial charge in [0.15, 0.2) is 4.67 Å². The van der Waals surface area contributed by atoms with Crippen LogP contribution in [0.2, 0.25) is 0 Å². The lowest BCUT2D eigenvalue weighted by Gasteiger charge is -2.05. The fraction of sp³-hybridized carbons (Fsp3) is 0.154. The van der Waals surface area contributed by atoms with Crippen molar-refractivity contribution in [2.75, 3.05) is 10.6 Å². The summed E-state index contributed by atoms with van der Waals surface area (Å²) in [5.74, 6) is -0.191. The van der Waals surface area contributed by atoms with Crippen molar-refractivity contribution in [3.05, 3.63) is 52.4 Å². The van der Waals surface area contributed by atoms with E-state index in [4.69, 9.17) is 4.42 Å². The average Bonchev–Trinajstić information content (AvgIpc) is 2.78. The quantitative estimate of drug-likeness (QED) is 0.816. The van der Waals surface area contributed by atoms with Gasteiger partial charge in [0.2, 0.25) is 0 Å². The molecule has 3 nitrogen and oxygen atoms in total. The van der Waals surface area contributed by atoms with Crippen LogP contribution in [0.4, 0.5) is 5.69 Å². The molecule has 94 valence electrons. The molecule has 1 N–H and O–H groups in total. The lowest BCUT2D eigenvalue weighted by atomic mass is 10.1. The molecule has 18 heavy (non-hydrogen) atoms. The standard InChI is InChI=1S/C13H11Br2NO2/c14-7-5-9-1-3-10(4-2-9)16-13(17)11-6-8-18-12(11)15/h1-4,6,8H,5,7H2,(H,16,17). The number of alkyl halides is 1. The van der Waals surface area contributed by atoms with Gasteiger partial charge >= 0.3 is 0 Å². The van der Waals surface area contributed by atoms with Gasteiger partial charge in [0.25, 0.3) is 5.91 Å². The van der Waals surface area contributed by atoms with Crippen molar-refractivity contribution in [2.24, 2.45) is 0 Å². The van der Waals surface area contributed by atoms with Crippen molar-refractivity contribution in [3.8, 4) is 0 Å². The van der Waals surface area contributed by atoms with E-state index in [0.29, 0.717) is 10.2 Å². The molecule has 1 heterocycles. The summed E-state index contributed by atoms with van der Waals surface area (Å²) in [7, 11) is 0. The first-order chi connectivity index (χ1) is 8.70. The molecular formula is C13H11Br2NO2. The van der Waals surface area contributed by atoms with Crippen LogP contribution in [-0.4, -0.2) is 11.2 Å². The molecule has 0 spiro atoms. The Labute approximate surface area is 122 Å². The maximum Gasteiger partial charge on any atom is 0.260 e. The van der Waals surface area contributed by atoms with Crippen LogP contribution in [0.3, 0.4) is 0 Å². The normalized spacial score (nSPS) is 10.3. The van der Waals surface area contributed by atoms with Crippen molar-refractivity contribution in [1.82, 2.24) is 0 Å². The largest absolute Gasteiger partial charge is 0.457 e. The second-order valence-corrected chi connectivity index (χ2v) is 5.21. The highest BCUT2D eigenvalue weighted by Crippen LogP contribution is 2.19. The zero-order valence-electron chi connectivity index (χ0n) is 9.45. The van der Waals surface area contributed by atoms with E-state index in [1.54, 1.807) is 6.07 Å². The van der Waals surface area contributed by atoms with Crippen molar-refractivity contribution in [3.63, 3.8) is 0 Å². The summed E-state index contributed by atoms with van der Waals surface area (Å²) in [6, 6.07) is 9.41. The second-order valence-electron chi connectivity index (χ2n) is 3.70. The molecular weight excluding hydrogens is 362 g/mol. The summed E-state index contributed by atoms with van der Waals surface area (Å²) in [6.07, 6.45) is 2.44. The highest BCUT2D eigenvalue weighted by Gasteiger charge is 2.12. The molecule has 0 bridgehead atoms. The van der Waals surface area contributed by atoms with E-state index < -0.39 is 0 Å². The number of furan rings is 1. The Bertz CT molecular complexity index is 534. The van der Waals surface area contributed by atoms with Gasteiger partial charge < -0.3 is 9.73 Å². The highest BCUT2D eigenvalue weighted by atomic mass is 79.9. The van der Waals surface area contributed by atoms with Crippen LogP contribution in [0.1, 0.15) is 15.9 Å². The van der Waals surface area contributed by atoms with Gasteiger partial charge in [0, 0.05) is 11.0 Å². The Morgan fingerprint density at radius 3 is 2.50 bits per heavy atom. The van der Waals surface area contributed by atoms with E-state index >= 15 is 0 Å². The minimum atomic E-state index is -0.191. The van der Waals surface area contributed by atoms with Crippen LogP contribution in [0, 0.1) is 0 Å². The Kier molecular flexibility index (Phi) is 4.60. The van der Waals surface area contributed by atoms with E-state index in [-0.39, 0.29) is 5.91 Å². The molecule has 0 aliphatic rings. The molecule has 1 aromatic carbocycles. The lowest BCUT2D eigenvalue weighted by molar-refractivity contribution is 0.102. The summed E-state index contributed by atoms with van der Waals surface area (Å²) in [5.41, 5.74) is 2.49. The number of anilines is 1. The van der Waals surface area contributed by atoms with Crippen LogP contribution in [0.5, 0.6) is 0 Å². The molecule has 0 aliphatic carbocycles. The maximum absolute atomic E-state index is 11.9. The number of carbonyl (C=O) groups excluding carboxylic acids is 1. The molecule has 1 amide bonds. The predicted octanol–water partition coefficient (Wildman–Crippen LogP) is 4.23. The first-order valence-electron chi connectivity index (χ1n) is 5.40. The van der Waals surface area contributed by atoms with Crippen LogP contribution in [-0.2, 0) is 6.42 Å². The van der Waals surface area contributed by atoms with Crippen molar-refractivity contribution >= 4 is 43.5 Å². The fourth-order valence-corrected chi connectivity index (χ4v) is 2.40. The van der Waals surface area contributed by atoms with Crippen molar-refractivity contribution < 1.29 is 9.21 Å². The third kappa shape index (κ3) is 3.23. The molecule has 0 atom stereocenters. The molecule has 0 aliphatic heterocycles. The van der Waals surface area contributed by atoms with Crippen molar-refractivity contribution in [2.45, 2.75) is 6.42 Å². The number of rotatable bonds is 4.